The molecule has 3 nitrogen and oxygen atoms in total. The maximum Gasteiger partial charge on any atom is 0.115 e. The maximum atomic E-state index is 4.15. The van der Waals surface area contributed by atoms with Crippen LogP contribution in [0.25, 0.3) is 0 Å². The lowest BCUT2D eigenvalue weighted by Gasteiger charge is -2.12. The molecule has 1 unspecified atom stereocenters. The summed E-state index contributed by atoms with van der Waals surface area (Å²) in [5.41, 5.74) is 1.05. The summed E-state index contributed by atoms with van der Waals surface area (Å²) in [5.74, 6) is 1.21. The smallest absolute Gasteiger partial charge is 0.115 e. The lowest BCUT2D eigenvalue weighted by Crippen LogP contribution is -2.26. The Kier molecular flexibility index (Phi) is 5.56. The molecule has 0 radical (unpaired) electrons. The highest BCUT2D eigenvalue weighted by Gasteiger charge is 2.00. The van der Waals surface area contributed by atoms with Crippen LogP contribution in [0.5, 0.6) is 0 Å². The minimum absolute atomic E-state index is 0.553. The molecule has 0 fully saturated rings. The predicted molar refractivity (Wildman–Crippen MR) is 61.3 cm³/mol. The molecule has 0 aliphatic rings. The zero-order valence-corrected chi connectivity index (χ0v) is 9.55. The lowest BCUT2D eigenvalue weighted by molar-refractivity contribution is 0.532. The number of hydrogen-bond donors (Lipinski definition) is 1. The van der Waals surface area contributed by atoms with Crippen molar-refractivity contribution in [2.24, 2.45) is 0 Å². The second-order valence-corrected chi connectivity index (χ2v) is 4.25. The second kappa shape index (κ2) is 6.79. The molecule has 0 aliphatic heterocycles. The van der Waals surface area contributed by atoms with Crippen LogP contribution in [-0.2, 0) is 6.54 Å². The Morgan fingerprint density at radius 1 is 1.57 bits per heavy atom. The third kappa shape index (κ3) is 4.58. The number of nitrogens with one attached hydrogen (secondary N) is 1. The van der Waals surface area contributed by atoms with Gasteiger partial charge >= 0.3 is 0 Å². The van der Waals surface area contributed by atoms with Crippen LogP contribution in [0.4, 0.5) is 0 Å². The van der Waals surface area contributed by atoms with E-state index in [0.29, 0.717) is 6.04 Å². The Morgan fingerprint density at radius 3 is 3.07 bits per heavy atom. The van der Waals surface area contributed by atoms with E-state index in [1.165, 1.54) is 12.2 Å². The van der Waals surface area contributed by atoms with Crippen LogP contribution in [0.15, 0.2) is 18.6 Å². The fourth-order valence-electron chi connectivity index (χ4n) is 1.10. The van der Waals surface area contributed by atoms with Crippen LogP contribution in [-0.4, -0.2) is 28.0 Å². The number of thioether (sulfide) groups is 1. The molecule has 0 spiro atoms. The van der Waals surface area contributed by atoms with Crippen molar-refractivity contribution in [1.29, 1.82) is 0 Å². The van der Waals surface area contributed by atoms with Crippen molar-refractivity contribution in [3.05, 3.63) is 24.3 Å². The zero-order chi connectivity index (χ0) is 10.2. The van der Waals surface area contributed by atoms with Gasteiger partial charge in [0.2, 0.25) is 0 Å². The van der Waals surface area contributed by atoms with Crippen molar-refractivity contribution in [3.63, 3.8) is 0 Å². The first-order valence-corrected chi connectivity index (χ1v) is 6.19. The minimum atomic E-state index is 0.553. The van der Waals surface area contributed by atoms with Gasteiger partial charge in [-0.3, -0.25) is 0 Å². The molecule has 1 heterocycles. The van der Waals surface area contributed by atoms with Gasteiger partial charge in [0.15, 0.2) is 0 Å². The van der Waals surface area contributed by atoms with Gasteiger partial charge in [0.25, 0.3) is 0 Å². The van der Waals surface area contributed by atoms with Crippen LogP contribution in [0, 0.1) is 0 Å². The summed E-state index contributed by atoms with van der Waals surface area (Å²) in [4.78, 5) is 8.03. The van der Waals surface area contributed by atoms with Gasteiger partial charge in [-0.1, -0.05) is 0 Å². The summed E-state index contributed by atoms with van der Waals surface area (Å²) in [6.45, 7) is 3.04. The second-order valence-electron chi connectivity index (χ2n) is 3.26. The highest BCUT2D eigenvalue weighted by atomic mass is 32.2. The van der Waals surface area contributed by atoms with Crippen LogP contribution < -0.4 is 5.32 Å². The van der Waals surface area contributed by atoms with Gasteiger partial charge in [-0.2, -0.15) is 11.8 Å². The fraction of sp³-hybridized carbons (Fsp3) is 0.600. The summed E-state index contributed by atoms with van der Waals surface area (Å²) in [5, 5.41) is 3.43. The quantitative estimate of drug-likeness (QED) is 0.777. The molecular weight excluding hydrogens is 194 g/mol. The number of nitrogens with zero attached hydrogens (tertiary/aromatic N) is 2. The largest absolute Gasteiger partial charge is 0.309 e. The molecule has 0 saturated heterocycles. The molecule has 0 amide bonds. The first kappa shape index (κ1) is 11.5. The Hall–Kier alpha value is -0.610. The van der Waals surface area contributed by atoms with Gasteiger partial charge in [0, 0.05) is 18.8 Å². The molecular formula is C10H17N3S. The fourth-order valence-corrected chi connectivity index (χ4v) is 1.69. The normalized spacial score (nSPS) is 12.7. The van der Waals surface area contributed by atoms with Crippen molar-refractivity contribution in [2.75, 3.05) is 12.0 Å². The molecule has 0 aromatic carbocycles. The number of hydrogen-bond acceptors (Lipinski definition) is 4. The Labute approximate surface area is 89.7 Å². The van der Waals surface area contributed by atoms with Crippen molar-refractivity contribution in [1.82, 2.24) is 15.3 Å². The van der Waals surface area contributed by atoms with Gasteiger partial charge in [0.1, 0.15) is 6.33 Å². The SMILES string of the molecule is CSCCC(C)NCc1ccncn1. The monoisotopic (exact) mass is 211 g/mol. The van der Waals surface area contributed by atoms with Gasteiger partial charge in [-0.15, -0.1) is 0 Å². The number of aromatic nitrogens is 2. The van der Waals surface area contributed by atoms with Crippen molar-refractivity contribution < 1.29 is 0 Å². The van der Waals surface area contributed by atoms with Gasteiger partial charge in [-0.25, -0.2) is 9.97 Å². The van der Waals surface area contributed by atoms with E-state index in [-0.39, 0.29) is 0 Å². The van der Waals surface area contributed by atoms with E-state index in [2.05, 4.69) is 28.5 Å². The Morgan fingerprint density at radius 2 is 2.43 bits per heavy atom. The van der Waals surface area contributed by atoms with Crippen molar-refractivity contribution >= 4 is 11.8 Å². The van der Waals surface area contributed by atoms with E-state index >= 15 is 0 Å². The van der Waals surface area contributed by atoms with E-state index in [4.69, 9.17) is 0 Å². The van der Waals surface area contributed by atoms with Gasteiger partial charge in [0.05, 0.1) is 5.69 Å². The Bertz CT molecular complexity index is 240. The molecule has 4 heteroatoms. The summed E-state index contributed by atoms with van der Waals surface area (Å²) < 4.78 is 0. The Balaban J connectivity index is 2.20. The van der Waals surface area contributed by atoms with Crippen LogP contribution in [0.3, 0.4) is 0 Å². The average molecular weight is 211 g/mol. The standard InChI is InChI=1S/C10H17N3S/c1-9(4-6-14-2)12-7-10-3-5-11-8-13-10/h3,5,8-9,12H,4,6-7H2,1-2H3. The molecule has 78 valence electrons. The highest BCUT2D eigenvalue weighted by Crippen LogP contribution is 2.00. The van der Waals surface area contributed by atoms with E-state index in [0.717, 1.165) is 12.2 Å². The molecule has 14 heavy (non-hydrogen) atoms. The summed E-state index contributed by atoms with van der Waals surface area (Å²) in [6.07, 6.45) is 6.70. The number of rotatable bonds is 6. The first-order valence-electron chi connectivity index (χ1n) is 4.80. The van der Waals surface area contributed by atoms with Gasteiger partial charge in [-0.05, 0) is 31.4 Å². The molecule has 0 aliphatic carbocycles. The predicted octanol–water partition coefficient (Wildman–Crippen LogP) is 1.71. The topological polar surface area (TPSA) is 37.8 Å². The maximum absolute atomic E-state index is 4.15. The zero-order valence-electron chi connectivity index (χ0n) is 8.73. The molecule has 0 saturated carbocycles. The van der Waals surface area contributed by atoms with E-state index < -0.39 is 0 Å². The summed E-state index contributed by atoms with van der Waals surface area (Å²) >= 11 is 1.89. The molecule has 1 rings (SSSR count). The molecule has 1 aromatic heterocycles. The van der Waals surface area contributed by atoms with E-state index in [1.807, 2.05) is 17.8 Å². The van der Waals surface area contributed by atoms with E-state index in [1.54, 1.807) is 12.5 Å². The first-order chi connectivity index (χ1) is 6.83. The van der Waals surface area contributed by atoms with Gasteiger partial charge < -0.3 is 5.32 Å². The highest BCUT2D eigenvalue weighted by molar-refractivity contribution is 7.98. The van der Waals surface area contributed by atoms with Crippen molar-refractivity contribution in [2.45, 2.75) is 25.9 Å². The third-order valence-corrected chi connectivity index (χ3v) is 2.67. The molecule has 0 bridgehead atoms. The lowest BCUT2D eigenvalue weighted by atomic mass is 10.2. The molecule has 1 atom stereocenters. The van der Waals surface area contributed by atoms with E-state index in [9.17, 15) is 0 Å². The van der Waals surface area contributed by atoms with Crippen molar-refractivity contribution in [3.8, 4) is 0 Å². The molecule has 1 aromatic rings. The molecule has 1 N–H and O–H groups in total. The van der Waals surface area contributed by atoms with Crippen LogP contribution >= 0.6 is 11.8 Å². The average Bonchev–Trinajstić information content (AvgIpc) is 2.25. The van der Waals surface area contributed by atoms with Crippen LogP contribution in [0.2, 0.25) is 0 Å². The summed E-state index contributed by atoms with van der Waals surface area (Å²) in [6, 6.07) is 2.49. The minimum Gasteiger partial charge on any atom is -0.309 e. The third-order valence-electron chi connectivity index (χ3n) is 2.03. The summed E-state index contributed by atoms with van der Waals surface area (Å²) in [7, 11) is 0. The van der Waals surface area contributed by atoms with Crippen LogP contribution in [0.1, 0.15) is 19.0 Å².